The normalized spacial score (nSPS) is 12.6. The van der Waals surface area contributed by atoms with Crippen molar-refractivity contribution >= 4 is 0 Å². The van der Waals surface area contributed by atoms with Crippen LogP contribution in [0.1, 0.15) is 29.8 Å². The van der Waals surface area contributed by atoms with Gasteiger partial charge in [0.2, 0.25) is 0 Å². The number of rotatable bonds is 6. The molecule has 1 aromatic heterocycles. The van der Waals surface area contributed by atoms with E-state index in [1.807, 2.05) is 30.3 Å². The van der Waals surface area contributed by atoms with Crippen molar-refractivity contribution in [2.45, 2.75) is 18.9 Å². The van der Waals surface area contributed by atoms with E-state index in [-0.39, 0.29) is 6.10 Å². The largest absolute Gasteiger partial charge is 0.367 e. The Labute approximate surface area is 106 Å². The van der Waals surface area contributed by atoms with Crippen molar-refractivity contribution in [2.24, 2.45) is 5.73 Å². The summed E-state index contributed by atoms with van der Waals surface area (Å²) in [6.45, 7) is 0.621. The van der Waals surface area contributed by atoms with Gasteiger partial charge in [0.15, 0.2) is 11.9 Å². The average Bonchev–Trinajstić information content (AvgIpc) is 2.87. The Morgan fingerprint density at radius 2 is 2.11 bits per heavy atom. The second-order valence-corrected chi connectivity index (χ2v) is 3.97. The molecular formula is C13H17N3O2. The van der Waals surface area contributed by atoms with Crippen molar-refractivity contribution in [3.8, 4) is 0 Å². The molecule has 1 aromatic carbocycles. The smallest absolute Gasteiger partial charge is 0.260 e. The molecule has 0 saturated carbocycles. The molecule has 1 heterocycles. The van der Waals surface area contributed by atoms with Crippen LogP contribution in [0.2, 0.25) is 0 Å². The number of ether oxygens (including phenoxy) is 1. The third-order valence-corrected chi connectivity index (χ3v) is 2.65. The zero-order valence-corrected chi connectivity index (χ0v) is 10.4. The van der Waals surface area contributed by atoms with Crippen LogP contribution in [0.5, 0.6) is 0 Å². The van der Waals surface area contributed by atoms with Crippen LogP contribution in [0.25, 0.3) is 0 Å². The highest BCUT2D eigenvalue weighted by molar-refractivity contribution is 5.21. The Hall–Kier alpha value is -1.72. The van der Waals surface area contributed by atoms with E-state index in [1.165, 1.54) is 0 Å². The lowest BCUT2D eigenvalue weighted by Gasteiger charge is -2.10. The fraction of sp³-hybridized carbons (Fsp3) is 0.385. The van der Waals surface area contributed by atoms with Crippen LogP contribution in [-0.4, -0.2) is 23.8 Å². The van der Waals surface area contributed by atoms with Crippen LogP contribution in [-0.2, 0) is 11.2 Å². The minimum Gasteiger partial charge on any atom is -0.367 e. The van der Waals surface area contributed by atoms with Crippen LogP contribution in [0.3, 0.4) is 0 Å². The summed E-state index contributed by atoms with van der Waals surface area (Å²) < 4.78 is 10.7. The van der Waals surface area contributed by atoms with Crippen molar-refractivity contribution in [3.05, 3.63) is 47.6 Å². The molecule has 2 rings (SSSR count). The van der Waals surface area contributed by atoms with Crippen molar-refractivity contribution in [1.29, 1.82) is 0 Å². The summed E-state index contributed by atoms with van der Waals surface area (Å²) in [5.74, 6) is 1.16. The SMILES string of the molecule is COC(c1ccccc1)c1nc(CCCN)no1. The highest BCUT2D eigenvalue weighted by atomic mass is 16.5. The molecule has 2 aromatic rings. The molecule has 0 amide bonds. The monoisotopic (exact) mass is 247 g/mol. The Morgan fingerprint density at radius 1 is 1.33 bits per heavy atom. The number of methoxy groups -OCH3 is 1. The van der Waals surface area contributed by atoms with Gasteiger partial charge in [-0.2, -0.15) is 4.98 Å². The third kappa shape index (κ3) is 2.94. The molecule has 1 atom stereocenters. The molecule has 96 valence electrons. The summed E-state index contributed by atoms with van der Waals surface area (Å²) in [6.07, 6.45) is 1.26. The zero-order valence-electron chi connectivity index (χ0n) is 10.4. The maximum Gasteiger partial charge on any atom is 0.260 e. The average molecular weight is 247 g/mol. The van der Waals surface area contributed by atoms with Crippen LogP contribution in [0, 0.1) is 0 Å². The van der Waals surface area contributed by atoms with E-state index in [9.17, 15) is 0 Å². The summed E-state index contributed by atoms with van der Waals surface area (Å²) in [5, 5.41) is 3.93. The van der Waals surface area contributed by atoms with E-state index in [0.29, 0.717) is 18.3 Å². The number of benzene rings is 1. The molecule has 5 heteroatoms. The highest BCUT2D eigenvalue weighted by Gasteiger charge is 2.20. The lowest BCUT2D eigenvalue weighted by molar-refractivity contribution is 0.105. The highest BCUT2D eigenvalue weighted by Crippen LogP contribution is 2.23. The maximum absolute atomic E-state index is 5.45. The fourth-order valence-electron chi connectivity index (χ4n) is 1.74. The Morgan fingerprint density at radius 3 is 2.78 bits per heavy atom. The van der Waals surface area contributed by atoms with Gasteiger partial charge in [0.05, 0.1) is 0 Å². The molecule has 0 aliphatic heterocycles. The number of hydrogen-bond donors (Lipinski definition) is 1. The molecule has 0 aliphatic carbocycles. The van der Waals surface area contributed by atoms with Crippen LogP contribution in [0.4, 0.5) is 0 Å². The molecule has 18 heavy (non-hydrogen) atoms. The molecule has 0 radical (unpaired) electrons. The van der Waals surface area contributed by atoms with Crippen molar-refractivity contribution in [1.82, 2.24) is 10.1 Å². The molecule has 2 N–H and O–H groups in total. The van der Waals surface area contributed by atoms with Crippen molar-refractivity contribution < 1.29 is 9.26 Å². The molecule has 0 fully saturated rings. The predicted molar refractivity (Wildman–Crippen MR) is 67.0 cm³/mol. The first-order valence-electron chi connectivity index (χ1n) is 5.95. The number of nitrogens with two attached hydrogens (primary N) is 1. The van der Waals surface area contributed by atoms with Crippen LogP contribution in [0.15, 0.2) is 34.9 Å². The van der Waals surface area contributed by atoms with Crippen molar-refractivity contribution in [3.63, 3.8) is 0 Å². The summed E-state index contributed by atoms with van der Waals surface area (Å²) >= 11 is 0. The van der Waals surface area contributed by atoms with E-state index >= 15 is 0 Å². The predicted octanol–water partition coefficient (Wildman–Crippen LogP) is 1.70. The quantitative estimate of drug-likeness (QED) is 0.840. The van der Waals surface area contributed by atoms with Gasteiger partial charge in [-0.3, -0.25) is 0 Å². The van der Waals surface area contributed by atoms with E-state index < -0.39 is 0 Å². The fourth-order valence-corrected chi connectivity index (χ4v) is 1.74. The molecule has 0 bridgehead atoms. The maximum atomic E-state index is 5.45. The first-order valence-corrected chi connectivity index (χ1v) is 5.95. The molecule has 0 aliphatic rings. The van der Waals surface area contributed by atoms with E-state index in [0.717, 1.165) is 18.4 Å². The first kappa shape index (κ1) is 12.7. The molecule has 0 spiro atoms. The Kier molecular flexibility index (Phi) is 4.44. The topological polar surface area (TPSA) is 74.2 Å². The summed E-state index contributed by atoms with van der Waals surface area (Å²) in [6, 6.07) is 9.80. The van der Waals surface area contributed by atoms with Gasteiger partial charge in [0, 0.05) is 13.5 Å². The van der Waals surface area contributed by atoms with Gasteiger partial charge < -0.3 is 15.0 Å². The standard InChI is InChI=1S/C13H17N3O2/c1-17-12(10-6-3-2-4-7-10)13-15-11(16-18-13)8-5-9-14/h2-4,6-7,12H,5,8-9,14H2,1H3. The molecule has 1 unspecified atom stereocenters. The van der Waals surface area contributed by atoms with Gasteiger partial charge in [0.1, 0.15) is 0 Å². The van der Waals surface area contributed by atoms with E-state index in [2.05, 4.69) is 10.1 Å². The van der Waals surface area contributed by atoms with Gasteiger partial charge in [-0.15, -0.1) is 0 Å². The number of nitrogens with zero attached hydrogens (tertiary/aromatic N) is 2. The minimum atomic E-state index is -0.315. The Balaban J connectivity index is 2.15. The Bertz CT molecular complexity index is 470. The van der Waals surface area contributed by atoms with Gasteiger partial charge in [-0.05, 0) is 18.5 Å². The summed E-state index contributed by atoms with van der Waals surface area (Å²) in [4.78, 5) is 4.34. The number of hydrogen-bond acceptors (Lipinski definition) is 5. The van der Waals surface area contributed by atoms with Crippen molar-refractivity contribution in [2.75, 3.05) is 13.7 Å². The number of aromatic nitrogens is 2. The molecular weight excluding hydrogens is 230 g/mol. The van der Waals surface area contributed by atoms with Gasteiger partial charge >= 0.3 is 0 Å². The lowest BCUT2D eigenvalue weighted by Crippen LogP contribution is -2.04. The van der Waals surface area contributed by atoms with E-state index in [4.69, 9.17) is 15.0 Å². The molecule has 5 nitrogen and oxygen atoms in total. The van der Waals surface area contributed by atoms with Gasteiger partial charge in [-0.1, -0.05) is 35.5 Å². The van der Waals surface area contributed by atoms with Crippen LogP contribution < -0.4 is 5.73 Å². The second-order valence-electron chi connectivity index (χ2n) is 3.97. The van der Waals surface area contributed by atoms with Gasteiger partial charge in [0.25, 0.3) is 5.89 Å². The minimum absolute atomic E-state index is 0.315. The van der Waals surface area contributed by atoms with Gasteiger partial charge in [-0.25, -0.2) is 0 Å². The van der Waals surface area contributed by atoms with Crippen LogP contribution >= 0.6 is 0 Å². The molecule has 0 saturated heterocycles. The summed E-state index contributed by atoms with van der Waals surface area (Å²) in [5.41, 5.74) is 6.44. The lowest BCUT2D eigenvalue weighted by atomic mass is 10.1. The first-order chi connectivity index (χ1) is 8.85. The van der Waals surface area contributed by atoms with E-state index in [1.54, 1.807) is 7.11 Å². The summed E-state index contributed by atoms with van der Waals surface area (Å²) in [7, 11) is 1.63. The second kappa shape index (κ2) is 6.28. The zero-order chi connectivity index (χ0) is 12.8. The third-order valence-electron chi connectivity index (χ3n) is 2.65. The number of aryl methyl sites for hydroxylation is 1.